The van der Waals surface area contributed by atoms with Gasteiger partial charge in [0.1, 0.15) is 6.04 Å². The number of nitrogens with one attached hydrogen (secondary N) is 1. The number of pyridine rings is 1. The molecule has 2 heterocycles. The standard InChI is InChI=1S/C16H23N4O2/c1-12(16(22)19(2)3)18-15(21)13-6-10-20(11-7-13)14-4-8-17-9-5-14/h4-5,8-9,12-13H,1,6-7,10-11H2,2-3H3,(H,18,21). The van der Waals surface area contributed by atoms with Gasteiger partial charge in [-0.15, -0.1) is 0 Å². The Morgan fingerprint density at radius 1 is 1.32 bits per heavy atom. The van der Waals surface area contributed by atoms with Gasteiger partial charge in [0.05, 0.1) is 0 Å². The number of rotatable bonds is 4. The molecule has 119 valence electrons. The average Bonchev–Trinajstić information content (AvgIpc) is 2.54. The Morgan fingerprint density at radius 2 is 1.91 bits per heavy atom. The molecule has 6 nitrogen and oxygen atoms in total. The molecule has 1 aromatic heterocycles. The normalized spacial score (nSPS) is 17.0. The molecule has 2 rings (SSSR count). The van der Waals surface area contributed by atoms with E-state index in [4.69, 9.17) is 0 Å². The van der Waals surface area contributed by atoms with Crippen LogP contribution in [-0.2, 0) is 9.59 Å². The van der Waals surface area contributed by atoms with Crippen molar-refractivity contribution < 1.29 is 9.59 Å². The van der Waals surface area contributed by atoms with Crippen LogP contribution in [0.5, 0.6) is 0 Å². The number of amides is 2. The van der Waals surface area contributed by atoms with Crippen molar-refractivity contribution in [2.45, 2.75) is 18.9 Å². The second kappa shape index (κ2) is 7.24. The first-order valence-corrected chi connectivity index (χ1v) is 7.48. The molecule has 1 aromatic rings. The molecule has 1 fully saturated rings. The predicted octanol–water partition coefficient (Wildman–Crippen LogP) is 0.705. The van der Waals surface area contributed by atoms with Crippen LogP contribution in [0.3, 0.4) is 0 Å². The van der Waals surface area contributed by atoms with E-state index in [0.29, 0.717) is 0 Å². The SMILES string of the molecule is [CH2]C(NC(=O)C1CCN(c2ccncc2)CC1)C(=O)N(C)C. The number of hydrogen-bond acceptors (Lipinski definition) is 4. The van der Waals surface area contributed by atoms with E-state index in [1.54, 1.807) is 26.5 Å². The summed E-state index contributed by atoms with van der Waals surface area (Å²) >= 11 is 0. The van der Waals surface area contributed by atoms with Crippen LogP contribution >= 0.6 is 0 Å². The first-order valence-electron chi connectivity index (χ1n) is 7.48. The van der Waals surface area contributed by atoms with Crippen LogP contribution in [0.25, 0.3) is 0 Å². The number of piperidine rings is 1. The topological polar surface area (TPSA) is 65.5 Å². The van der Waals surface area contributed by atoms with E-state index in [1.165, 1.54) is 4.90 Å². The second-order valence-electron chi connectivity index (χ2n) is 5.76. The molecule has 1 unspecified atom stereocenters. The lowest BCUT2D eigenvalue weighted by molar-refractivity contribution is -0.134. The quantitative estimate of drug-likeness (QED) is 0.889. The summed E-state index contributed by atoms with van der Waals surface area (Å²) in [5.74, 6) is -0.329. The molecule has 0 saturated carbocycles. The molecule has 0 bridgehead atoms. The molecular formula is C16H23N4O2. The summed E-state index contributed by atoms with van der Waals surface area (Å²) in [5, 5.41) is 2.72. The number of nitrogens with zero attached hydrogens (tertiary/aromatic N) is 3. The minimum Gasteiger partial charge on any atom is -0.371 e. The van der Waals surface area contributed by atoms with E-state index >= 15 is 0 Å². The van der Waals surface area contributed by atoms with E-state index in [1.807, 2.05) is 12.1 Å². The van der Waals surface area contributed by atoms with Gasteiger partial charge in [-0.2, -0.15) is 0 Å². The van der Waals surface area contributed by atoms with Crippen molar-refractivity contribution in [2.75, 3.05) is 32.1 Å². The molecule has 0 spiro atoms. The van der Waals surface area contributed by atoms with Crippen LogP contribution in [0, 0.1) is 12.8 Å². The summed E-state index contributed by atoms with van der Waals surface area (Å²) < 4.78 is 0. The summed E-state index contributed by atoms with van der Waals surface area (Å²) in [6, 6.07) is 3.23. The van der Waals surface area contributed by atoms with Crippen LogP contribution in [0.15, 0.2) is 24.5 Å². The van der Waals surface area contributed by atoms with E-state index in [0.717, 1.165) is 31.6 Å². The van der Waals surface area contributed by atoms with Gasteiger partial charge in [-0.3, -0.25) is 14.6 Å². The minimum absolute atomic E-state index is 0.0581. The van der Waals surface area contributed by atoms with Crippen LogP contribution in [0.2, 0.25) is 0 Å². The third kappa shape index (κ3) is 3.96. The number of hydrogen-bond donors (Lipinski definition) is 1. The highest BCUT2D eigenvalue weighted by Gasteiger charge is 2.27. The lowest BCUT2D eigenvalue weighted by Gasteiger charge is -2.33. The fourth-order valence-corrected chi connectivity index (χ4v) is 2.62. The summed E-state index contributed by atoms with van der Waals surface area (Å²) in [5.41, 5.74) is 1.13. The average molecular weight is 303 g/mol. The van der Waals surface area contributed by atoms with E-state index in [-0.39, 0.29) is 17.7 Å². The Hall–Kier alpha value is -2.11. The van der Waals surface area contributed by atoms with Gasteiger partial charge in [0, 0.05) is 51.2 Å². The Labute approximate surface area is 131 Å². The van der Waals surface area contributed by atoms with Crippen LogP contribution < -0.4 is 10.2 Å². The van der Waals surface area contributed by atoms with Crippen LogP contribution in [0.1, 0.15) is 12.8 Å². The minimum atomic E-state index is -0.722. The van der Waals surface area contributed by atoms with Gasteiger partial charge in [-0.25, -0.2) is 0 Å². The molecule has 22 heavy (non-hydrogen) atoms. The molecular weight excluding hydrogens is 280 g/mol. The summed E-state index contributed by atoms with van der Waals surface area (Å²) in [4.78, 5) is 31.7. The molecule has 2 amide bonds. The summed E-state index contributed by atoms with van der Waals surface area (Å²) in [7, 11) is 3.31. The predicted molar refractivity (Wildman–Crippen MR) is 85.2 cm³/mol. The van der Waals surface area contributed by atoms with Gasteiger partial charge in [-0.05, 0) is 31.9 Å². The number of anilines is 1. The monoisotopic (exact) mass is 303 g/mol. The maximum absolute atomic E-state index is 12.2. The van der Waals surface area contributed by atoms with E-state index < -0.39 is 6.04 Å². The first kappa shape index (κ1) is 16.3. The van der Waals surface area contributed by atoms with E-state index in [2.05, 4.69) is 22.1 Å². The van der Waals surface area contributed by atoms with Crippen molar-refractivity contribution >= 4 is 17.5 Å². The number of aromatic nitrogens is 1. The highest BCUT2D eigenvalue weighted by atomic mass is 16.2. The molecule has 1 aliphatic heterocycles. The van der Waals surface area contributed by atoms with Crippen molar-refractivity contribution in [1.82, 2.24) is 15.2 Å². The van der Waals surface area contributed by atoms with Crippen LogP contribution in [0.4, 0.5) is 5.69 Å². The van der Waals surface area contributed by atoms with Crippen molar-refractivity contribution in [1.29, 1.82) is 0 Å². The molecule has 0 aromatic carbocycles. The smallest absolute Gasteiger partial charge is 0.244 e. The molecule has 1 radical (unpaired) electrons. The highest BCUT2D eigenvalue weighted by molar-refractivity contribution is 5.88. The van der Waals surface area contributed by atoms with Crippen molar-refractivity contribution in [3.05, 3.63) is 31.5 Å². The maximum Gasteiger partial charge on any atom is 0.244 e. The summed E-state index contributed by atoms with van der Waals surface area (Å²) in [6.45, 7) is 5.37. The number of likely N-dealkylation sites (N-methyl/N-ethyl adjacent to an activating group) is 1. The van der Waals surface area contributed by atoms with Gasteiger partial charge < -0.3 is 15.1 Å². The lowest BCUT2D eigenvalue weighted by atomic mass is 9.95. The Kier molecular flexibility index (Phi) is 5.35. The lowest BCUT2D eigenvalue weighted by Crippen LogP contribution is -2.48. The van der Waals surface area contributed by atoms with Gasteiger partial charge in [0.25, 0.3) is 0 Å². The zero-order valence-electron chi connectivity index (χ0n) is 13.2. The molecule has 1 atom stereocenters. The third-order valence-electron chi connectivity index (χ3n) is 3.95. The fraction of sp³-hybridized carbons (Fsp3) is 0.500. The van der Waals surface area contributed by atoms with Gasteiger partial charge >= 0.3 is 0 Å². The van der Waals surface area contributed by atoms with Gasteiger partial charge in [0.2, 0.25) is 11.8 Å². The van der Waals surface area contributed by atoms with Crippen molar-refractivity contribution in [2.24, 2.45) is 5.92 Å². The Balaban J connectivity index is 1.84. The highest BCUT2D eigenvalue weighted by Crippen LogP contribution is 2.22. The molecule has 0 aliphatic carbocycles. The molecule has 1 N–H and O–H groups in total. The molecule has 6 heteroatoms. The number of carbonyl (C=O) groups excluding carboxylic acids is 2. The first-order chi connectivity index (χ1) is 10.5. The van der Waals surface area contributed by atoms with Crippen molar-refractivity contribution in [3.8, 4) is 0 Å². The fourth-order valence-electron chi connectivity index (χ4n) is 2.62. The second-order valence-corrected chi connectivity index (χ2v) is 5.76. The zero-order chi connectivity index (χ0) is 16.1. The van der Waals surface area contributed by atoms with Gasteiger partial charge in [-0.1, -0.05) is 0 Å². The van der Waals surface area contributed by atoms with Crippen molar-refractivity contribution in [3.63, 3.8) is 0 Å². The summed E-state index contributed by atoms with van der Waals surface area (Å²) in [6.07, 6.45) is 5.09. The van der Waals surface area contributed by atoms with Gasteiger partial charge in [0.15, 0.2) is 0 Å². The zero-order valence-corrected chi connectivity index (χ0v) is 13.2. The largest absolute Gasteiger partial charge is 0.371 e. The molecule has 1 saturated heterocycles. The Morgan fingerprint density at radius 3 is 2.45 bits per heavy atom. The number of carbonyl (C=O) groups is 2. The molecule has 1 aliphatic rings. The Bertz CT molecular complexity index is 510. The van der Waals surface area contributed by atoms with E-state index in [9.17, 15) is 9.59 Å². The van der Waals surface area contributed by atoms with Crippen LogP contribution in [-0.4, -0.2) is 54.9 Å². The third-order valence-corrected chi connectivity index (χ3v) is 3.95. The maximum atomic E-state index is 12.2.